The fourth-order valence-electron chi connectivity index (χ4n) is 2.44. The number of ether oxygens (including phenoxy) is 1. The van der Waals surface area contributed by atoms with E-state index in [1.54, 1.807) is 4.90 Å². The van der Waals surface area contributed by atoms with Crippen LogP contribution < -0.4 is 4.90 Å². The lowest BCUT2D eigenvalue weighted by molar-refractivity contribution is 0.0574. The minimum atomic E-state index is -0.465. The lowest BCUT2D eigenvalue weighted by Gasteiger charge is -2.39. The molecule has 0 aliphatic carbocycles. The van der Waals surface area contributed by atoms with Crippen molar-refractivity contribution in [3.63, 3.8) is 0 Å². The summed E-state index contributed by atoms with van der Waals surface area (Å²) < 4.78 is 6.71. The molecule has 0 unspecified atom stereocenters. The number of nitrogens with zero attached hydrogens (tertiary/aromatic N) is 1. The van der Waals surface area contributed by atoms with Crippen LogP contribution in [0.25, 0.3) is 0 Å². The van der Waals surface area contributed by atoms with Gasteiger partial charge < -0.3 is 4.74 Å². The van der Waals surface area contributed by atoms with E-state index in [1.165, 1.54) is 9.13 Å². The second-order valence-electron chi connectivity index (χ2n) is 6.93. The molecule has 0 bridgehead atoms. The van der Waals surface area contributed by atoms with Gasteiger partial charge in [0.25, 0.3) is 0 Å². The Labute approximate surface area is 134 Å². The zero-order valence-corrected chi connectivity index (χ0v) is 14.9. The maximum atomic E-state index is 12.4. The predicted octanol–water partition coefficient (Wildman–Crippen LogP) is 4.71. The maximum Gasteiger partial charge on any atom is 0.414 e. The number of halogens is 1. The van der Waals surface area contributed by atoms with Gasteiger partial charge in [0.05, 0.1) is 5.69 Å². The summed E-state index contributed by atoms with van der Waals surface area (Å²) in [5, 5.41) is 0. The predicted molar refractivity (Wildman–Crippen MR) is 90.4 cm³/mol. The standard InChI is InChI=1S/C16H22INO2/c1-15(2,3)20-14(19)18-9-8-16(4,5)12-10-11(17)6-7-13(12)18/h6-7,10H,8-9H2,1-5H3. The Morgan fingerprint density at radius 1 is 1.35 bits per heavy atom. The molecule has 0 saturated heterocycles. The smallest absolute Gasteiger partial charge is 0.414 e. The number of hydrogen-bond acceptors (Lipinski definition) is 2. The highest BCUT2D eigenvalue weighted by molar-refractivity contribution is 14.1. The second-order valence-corrected chi connectivity index (χ2v) is 8.17. The summed E-state index contributed by atoms with van der Waals surface area (Å²) in [6, 6.07) is 6.24. The number of hydrogen-bond donors (Lipinski definition) is 0. The molecule has 0 aromatic heterocycles. The highest BCUT2D eigenvalue weighted by atomic mass is 127. The average Bonchev–Trinajstić information content (AvgIpc) is 2.27. The molecule has 1 aliphatic heterocycles. The van der Waals surface area contributed by atoms with Crippen LogP contribution in [0.15, 0.2) is 18.2 Å². The van der Waals surface area contributed by atoms with Crippen molar-refractivity contribution >= 4 is 34.4 Å². The quantitative estimate of drug-likeness (QED) is 0.604. The highest BCUT2D eigenvalue weighted by Crippen LogP contribution is 2.40. The van der Waals surface area contributed by atoms with E-state index >= 15 is 0 Å². The molecule has 0 N–H and O–H groups in total. The van der Waals surface area contributed by atoms with E-state index in [0.29, 0.717) is 6.54 Å². The molecule has 0 atom stereocenters. The first kappa shape index (κ1) is 15.6. The molecule has 1 aromatic carbocycles. The van der Waals surface area contributed by atoms with Crippen LogP contribution in [0.3, 0.4) is 0 Å². The number of anilines is 1. The van der Waals surface area contributed by atoms with Gasteiger partial charge in [-0.25, -0.2) is 4.79 Å². The number of benzene rings is 1. The zero-order valence-electron chi connectivity index (χ0n) is 12.8. The zero-order chi connectivity index (χ0) is 15.1. The van der Waals surface area contributed by atoms with Crippen LogP contribution in [0.4, 0.5) is 10.5 Å². The van der Waals surface area contributed by atoms with Gasteiger partial charge in [0, 0.05) is 10.1 Å². The van der Waals surface area contributed by atoms with E-state index in [2.05, 4.69) is 42.5 Å². The van der Waals surface area contributed by atoms with Gasteiger partial charge in [-0.1, -0.05) is 13.8 Å². The van der Waals surface area contributed by atoms with Crippen LogP contribution in [-0.2, 0) is 10.2 Å². The Balaban J connectivity index is 2.38. The number of rotatable bonds is 0. The summed E-state index contributed by atoms with van der Waals surface area (Å²) in [6.45, 7) is 10.9. The first-order valence-electron chi connectivity index (χ1n) is 6.91. The van der Waals surface area contributed by atoms with Crippen molar-refractivity contribution in [2.75, 3.05) is 11.4 Å². The van der Waals surface area contributed by atoms with E-state index in [1.807, 2.05) is 32.9 Å². The molecule has 2 rings (SSSR count). The first-order chi connectivity index (χ1) is 9.10. The van der Waals surface area contributed by atoms with Crippen molar-refractivity contribution in [2.24, 2.45) is 0 Å². The van der Waals surface area contributed by atoms with Gasteiger partial charge in [0.2, 0.25) is 0 Å². The topological polar surface area (TPSA) is 29.5 Å². The third kappa shape index (κ3) is 3.27. The SMILES string of the molecule is CC(C)(C)OC(=O)N1CCC(C)(C)c2cc(I)ccc21. The Morgan fingerprint density at radius 2 is 2.00 bits per heavy atom. The molecule has 0 radical (unpaired) electrons. The molecule has 1 aromatic rings. The highest BCUT2D eigenvalue weighted by Gasteiger charge is 2.35. The molecule has 0 spiro atoms. The van der Waals surface area contributed by atoms with Gasteiger partial charge in [-0.2, -0.15) is 0 Å². The molecular formula is C16H22INO2. The minimum Gasteiger partial charge on any atom is -0.443 e. The molecule has 110 valence electrons. The summed E-state index contributed by atoms with van der Waals surface area (Å²) in [7, 11) is 0. The summed E-state index contributed by atoms with van der Waals surface area (Å²) >= 11 is 2.31. The van der Waals surface area contributed by atoms with Gasteiger partial charge in [-0.05, 0) is 79.0 Å². The van der Waals surface area contributed by atoms with Crippen molar-refractivity contribution in [3.05, 3.63) is 27.3 Å². The van der Waals surface area contributed by atoms with Crippen LogP contribution in [0.1, 0.15) is 46.6 Å². The number of carbonyl (C=O) groups is 1. The maximum absolute atomic E-state index is 12.4. The van der Waals surface area contributed by atoms with Gasteiger partial charge >= 0.3 is 6.09 Å². The van der Waals surface area contributed by atoms with Gasteiger partial charge in [-0.3, -0.25) is 4.90 Å². The van der Waals surface area contributed by atoms with E-state index < -0.39 is 5.60 Å². The molecule has 3 nitrogen and oxygen atoms in total. The molecule has 1 aliphatic rings. The van der Waals surface area contributed by atoms with Crippen LogP contribution in [0.2, 0.25) is 0 Å². The Hall–Kier alpha value is -0.780. The van der Waals surface area contributed by atoms with E-state index in [-0.39, 0.29) is 11.5 Å². The molecular weight excluding hydrogens is 365 g/mol. The minimum absolute atomic E-state index is 0.0923. The molecule has 0 fully saturated rings. The first-order valence-corrected chi connectivity index (χ1v) is 7.99. The third-order valence-electron chi connectivity index (χ3n) is 3.55. The number of fused-ring (bicyclic) bond motifs is 1. The molecule has 4 heteroatoms. The molecule has 1 amide bonds. The largest absolute Gasteiger partial charge is 0.443 e. The fourth-order valence-corrected chi connectivity index (χ4v) is 2.93. The van der Waals surface area contributed by atoms with Crippen molar-refractivity contribution in [2.45, 2.75) is 52.1 Å². The van der Waals surface area contributed by atoms with E-state index in [4.69, 9.17) is 4.74 Å². The van der Waals surface area contributed by atoms with Crippen molar-refractivity contribution in [3.8, 4) is 0 Å². The van der Waals surface area contributed by atoms with Gasteiger partial charge in [-0.15, -0.1) is 0 Å². The summed E-state index contributed by atoms with van der Waals surface area (Å²) in [5.74, 6) is 0. The second kappa shape index (κ2) is 5.20. The average molecular weight is 387 g/mol. The van der Waals surface area contributed by atoms with Crippen LogP contribution >= 0.6 is 22.6 Å². The number of carbonyl (C=O) groups excluding carboxylic acids is 1. The van der Waals surface area contributed by atoms with E-state index in [9.17, 15) is 4.79 Å². The number of amides is 1. The normalized spacial score (nSPS) is 17.6. The Kier molecular flexibility index (Phi) is 4.06. The van der Waals surface area contributed by atoms with Gasteiger partial charge in [0.1, 0.15) is 5.60 Å². The molecule has 0 saturated carbocycles. The fraction of sp³-hybridized carbons (Fsp3) is 0.562. The van der Waals surface area contributed by atoms with Crippen LogP contribution in [0, 0.1) is 3.57 Å². The van der Waals surface area contributed by atoms with E-state index in [0.717, 1.165) is 12.1 Å². The lowest BCUT2D eigenvalue weighted by atomic mass is 9.78. The van der Waals surface area contributed by atoms with Crippen LogP contribution in [-0.4, -0.2) is 18.2 Å². The van der Waals surface area contributed by atoms with Crippen LogP contribution in [0.5, 0.6) is 0 Å². The summed E-state index contributed by atoms with van der Waals surface area (Å²) in [5.41, 5.74) is 1.83. The summed E-state index contributed by atoms with van der Waals surface area (Å²) in [6.07, 6.45) is 0.690. The Bertz CT molecular complexity index is 532. The summed E-state index contributed by atoms with van der Waals surface area (Å²) in [4.78, 5) is 14.1. The van der Waals surface area contributed by atoms with Crippen molar-refractivity contribution in [1.29, 1.82) is 0 Å². The lowest BCUT2D eigenvalue weighted by Crippen LogP contribution is -2.43. The molecule has 20 heavy (non-hydrogen) atoms. The Morgan fingerprint density at radius 3 is 2.60 bits per heavy atom. The van der Waals surface area contributed by atoms with Gasteiger partial charge in [0.15, 0.2) is 0 Å². The third-order valence-corrected chi connectivity index (χ3v) is 4.22. The molecule has 1 heterocycles. The van der Waals surface area contributed by atoms with Crippen molar-refractivity contribution < 1.29 is 9.53 Å². The monoisotopic (exact) mass is 387 g/mol. The van der Waals surface area contributed by atoms with Crippen molar-refractivity contribution in [1.82, 2.24) is 0 Å².